The summed E-state index contributed by atoms with van der Waals surface area (Å²) in [6.45, 7) is 6.41. The highest BCUT2D eigenvalue weighted by Gasteiger charge is 2.18. The average molecular weight is 340 g/mol. The first kappa shape index (κ1) is 15.3. The van der Waals surface area contributed by atoms with Gasteiger partial charge in [-0.05, 0) is 24.6 Å². The molecule has 0 bridgehead atoms. The van der Waals surface area contributed by atoms with E-state index in [1.54, 1.807) is 0 Å². The molecule has 1 aromatic carbocycles. The van der Waals surface area contributed by atoms with Gasteiger partial charge in [0.05, 0.1) is 0 Å². The number of hydrogen-bond donors (Lipinski definition) is 1. The van der Waals surface area contributed by atoms with Crippen LogP contribution in [-0.4, -0.2) is 30.6 Å². The lowest BCUT2D eigenvalue weighted by Crippen LogP contribution is -2.49. The second kappa shape index (κ2) is 6.95. The SMILES string of the molecule is CC1CNCCN1Cc1ccc(Br)cc1Cl.Cl. The highest BCUT2D eigenvalue weighted by Crippen LogP contribution is 2.23. The Bertz CT molecular complexity index is 374. The molecule has 2 rings (SSSR count). The van der Waals surface area contributed by atoms with Gasteiger partial charge in [-0.25, -0.2) is 0 Å². The van der Waals surface area contributed by atoms with Crippen molar-refractivity contribution in [3.05, 3.63) is 33.3 Å². The second-order valence-corrected chi connectivity index (χ2v) is 5.58. The predicted molar refractivity (Wildman–Crippen MR) is 79.1 cm³/mol. The molecule has 1 fully saturated rings. The smallest absolute Gasteiger partial charge is 0.0462 e. The number of nitrogens with zero attached hydrogens (tertiary/aromatic N) is 1. The quantitative estimate of drug-likeness (QED) is 0.889. The van der Waals surface area contributed by atoms with E-state index in [0.29, 0.717) is 6.04 Å². The molecule has 1 heterocycles. The van der Waals surface area contributed by atoms with E-state index < -0.39 is 0 Å². The van der Waals surface area contributed by atoms with Crippen molar-refractivity contribution < 1.29 is 0 Å². The van der Waals surface area contributed by atoms with Gasteiger partial charge in [-0.2, -0.15) is 0 Å². The molecular formula is C12H17BrCl2N2. The minimum atomic E-state index is 0. The molecule has 5 heteroatoms. The van der Waals surface area contributed by atoms with Gasteiger partial charge in [0, 0.05) is 41.7 Å². The summed E-state index contributed by atoms with van der Waals surface area (Å²) in [7, 11) is 0. The standard InChI is InChI=1S/C12H16BrClN2.ClH/c1-9-7-15-4-5-16(9)8-10-2-3-11(13)6-12(10)14;/h2-3,6,9,15H,4-5,7-8H2,1H3;1H. The van der Waals surface area contributed by atoms with Gasteiger partial charge in [0.2, 0.25) is 0 Å². The number of halogens is 3. The fourth-order valence-corrected chi connectivity index (χ4v) is 2.72. The van der Waals surface area contributed by atoms with E-state index in [-0.39, 0.29) is 12.4 Å². The van der Waals surface area contributed by atoms with Gasteiger partial charge < -0.3 is 5.32 Å². The summed E-state index contributed by atoms with van der Waals surface area (Å²) in [5.74, 6) is 0. The van der Waals surface area contributed by atoms with Crippen LogP contribution in [0.2, 0.25) is 5.02 Å². The average Bonchev–Trinajstić information content (AvgIpc) is 2.25. The Morgan fingerprint density at radius 1 is 1.53 bits per heavy atom. The zero-order valence-electron chi connectivity index (χ0n) is 9.75. The Kier molecular flexibility index (Phi) is 6.24. The highest BCUT2D eigenvalue weighted by atomic mass is 79.9. The third kappa shape index (κ3) is 4.11. The molecule has 1 unspecified atom stereocenters. The lowest BCUT2D eigenvalue weighted by atomic mass is 10.1. The van der Waals surface area contributed by atoms with Crippen molar-refractivity contribution in [2.24, 2.45) is 0 Å². The monoisotopic (exact) mass is 338 g/mol. The molecular weight excluding hydrogens is 323 g/mol. The molecule has 0 saturated carbocycles. The summed E-state index contributed by atoms with van der Waals surface area (Å²) in [6, 6.07) is 6.69. The van der Waals surface area contributed by atoms with Crippen LogP contribution in [0, 0.1) is 0 Å². The van der Waals surface area contributed by atoms with Crippen molar-refractivity contribution in [2.45, 2.75) is 19.5 Å². The van der Waals surface area contributed by atoms with E-state index in [1.807, 2.05) is 12.1 Å². The van der Waals surface area contributed by atoms with E-state index in [4.69, 9.17) is 11.6 Å². The van der Waals surface area contributed by atoms with Crippen LogP contribution >= 0.6 is 39.9 Å². The van der Waals surface area contributed by atoms with Crippen LogP contribution in [-0.2, 0) is 6.54 Å². The molecule has 0 radical (unpaired) electrons. The Morgan fingerprint density at radius 3 is 2.94 bits per heavy atom. The Morgan fingerprint density at radius 2 is 2.29 bits per heavy atom. The van der Waals surface area contributed by atoms with Gasteiger partial charge in [-0.3, -0.25) is 4.90 Å². The molecule has 0 aromatic heterocycles. The molecule has 96 valence electrons. The Balaban J connectivity index is 0.00000144. The van der Waals surface area contributed by atoms with Crippen LogP contribution in [0.5, 0.6) is 0 Å². The molecule has 1 aromatic rings. The minimum Gasteiger partial charge on any atom is -0.314 e. The van der Waals surface area contributed by atoms with E-state index in [2.05, 4.69) is 39.1 Å². The molecule has 1 aliphatic heterocycles. The topological polar surface area (TPSA) is 15.3 Å². The molecule has 1 saturated heterocycles. The van der Waals surface area contributed by atoms with Gasteiger partial charge in [-0.1, -0.05) is 33.6 Å². The van der Waals surface area contributed by atoms with Crippen molar-refractivity contribution in [3.63, 3.8) is 0 Å². The van der Waals surface area contributed by atoms with Crippen LogP contribution in [0.4, 0.5) is 0 Å². The Labute approximate surface area is 122 Å². The van der Waals surface area contributed by atoms with Crippen molar-refractivity contribution in [1.29, 1.82) is 0 Å². The molecule has 0 spiro atoms. The summed E-state index contributed by atoms with van der Waals surface area (Å²) >= 11 is 9.65. The number of rotatable bonds is 2. The molecule has 1 atom stereocenters. The van der Waals surface area contributed by atoms with Gasteiger partial charge in [0.25, 0.3) is 0 Å². The van der Waals surface area contributed by atoms with Crippen LogP contribution in [0.3, 0.4) is 0 Å². The lowest BCUT2D eigenvalue weighted by Gasteiger charge is -2.34. The maximum absolute atomic E-state index is 6.22. The summed E-state index contributed by atoms with van der Waals surface area (Å²) in [6.07, 6.45) is 0. The van der Waals surface area contributed by atoms with Crippen LogP contribution in [0.1, 0.15) is 12.5 Å². The third-order valence-electron chi connectivity index (χ3n) is 3.03. The molecule has 1 N–H and O–H groups in total. The summed E-state index contributed by atoms with van der Waals surface area (Å²) in [5, 5.41) is 4.24. The van der Waals surface area contributed by atoms with Gasteiger partial charge in [0.1, 0.15) is 0 Å². The van der Waals surface area contributed by atoms with E-state index in [1.165, 1.54) is 5.56 Å². The largest absolute Gasteiger partial charge is 0.314 e. The van der Waals surface area contributed by atoms with Gasteiger partial charge >= 0.3 is 0 Å². The second-order valence-electron chi connectivity index (χ2n) is 4.26. The van der Waals surface area contributed by atoms with Crippen molar-refractivity contribution >= 4 is 39.9 Å². The van der Waals surface area contributed by atoms with Crippen molar-refractivity contribution in [1.82, 2.24) is 10.2 Å². The Hall–Kier alpha value is 0.200. The fourth-order valence-electron chi connectivity index (χ4n) is 1.99. The van der Waals surface area contributed by atoms with E-state index in [9.17, 15) is 0 Å². The summed E-state index contributed by atoms with van der Waals surface area (Å²) in [4.78, 5) is 2.46. The number of nitrogens with one attached hydrogen (secondary N) is 1. The van der Waals surface area contributed by atoms with E-state index in [0.717, 1.165) is 35.7 Å². The zero-order chi connectivity index (χ0) is 11.5. The number of benzene rings is 1. The molecule has 2 nitrogen and oxygen atoms in total. The molecule has 0 aliphatic carbocycles. The predicted octanol–water partition coefficient (Wildman–Crippen LogP) is 3.32. The van der Waals surface area contributed by atoms with Crippen LogP contribution in [0.25, 0.3) is 0 Å². The third-order valence-corrected chi connectivity index (χ3v) is 3.87. The zero-order valence-corrected chi connectivity index (χ0v) is 12.9. The van der Waals surface area contributed by atoms with Gasteiger partial charge in [-0.15, -0.1) is 12.4 Å². The summed E-state index contributed by atoms with van der Waals surface area (Å²) in [5.41, 5.74) is 1.21. The van der Waals surface area contributed by atoms with Crippen LogP contribution in [0.15, 0.2) is 22.7 Å². The first-order chi connectivity index (χ1) is 7.66. The molecule has 0 amide bonds. The minimum absolute atomic E-state index is 0. The maximum atomic E-state index is 6.22. The highest BCUT2D eigenvalue weighted by molar-refractivity contribution is 9.10. The first-order valence-electron chi connectivity index (χ1n) is 5.55. The van der Waals surface area contributed by atoms with Gasteiger partial charge in [0.15, 0.2) is 0 Å². The van der Waals surface area contributed by atoms with Crippen molar-refractivity contribution in [3.8, 4) is 0 Å². The summed E-state index contributed by atoms with van der Waals surface area (Å²) < 4.78 is 1.04. The lowest BCUT2D eigenvalue weighted by molar-refractivity contribution is 0.165. The van der Waals surface area contributed by atoms with Crippen LogP contribution < -0.4 is 5.32 Å². The number of hydrogen-bond acceptors (Lipinski definition) is 2. The normalized spacial score (nSPS) is 21.0. The molecule has 1 aliphatic rings. The van der Waals surface area contributed by atoms with Crippen molar-refractivity contribution in [2.75, 3.05) is 19.6 Å². The maximum Gasteiger partial charge on any atom is 0.0462 e. The first-order valence-corrected chi connectivity index (χ1v) is 6.72. The number of piperazine rings is 1. The molecule has 17 heavy (non-hydrogen) atoms. The fraction of sp³-hybridized carbons (Fsp3) is 0.500. The van der Waals surface area contributed by atoms with E-state index >= 15 is 0 Å².